The summed E-state index contributed by atoms with van der Waals surface area (Å²) < 4.78 is 0. The Morgan fingerprint density at radius 3 is 2.70 bits per heavy atom. The van der Waals surface area contributed by atoms with Gasteiger partial charge >= 0.3 is 0 Å². The summed E-state index contributed by atoms with van der Waals surface area (Å²) in [5, 5.41) is 21.9. The van der Waals surface area contributed by atoms with Crippen LogP contribution in [0.25, 0.3) is 23.1 Å². The molecule has 4 aromatic rings. The highest BCUT2D eigenvalue weighted by atomic mass is 35.5. The van der Waals surface area contributed by atoms with Crippen molar-refractivity contribution < 1.29 is 5.11 Å². The monoisotopic (exact) mass is 566 g/mol. The van der Waals surface area contributed by atoms with Crippen molar-refractivity contribution in [1.29, 1.82) is 5.26 Å². The first-order valence-electron chi connectivity index (χ1n) is 13.9. The molecular weight excluding hydrogens is 532 g/mol. The molecule has 3 atom stereocenters. The van der Waals surface area contributed by atoms with Crippen LogP contribution in [0.4, 0.5) is 0 Å². The molecule has 3 nitrogen and oxygen atoms in total. The van der Waals surface area contributed by atoms with Gasteiger partial charge in [0.25, 0.3) is 0 Å². The van der Waals surface area contributed by atoms with Crippen molar-refractivity contribution in [2.24, 2.45) is 11.8 Å². The van der Waals surface area contributed by atoms with Crippen LogP contribution in [0.3, 0.4) is 0 Å². The van der Waals surface area contributed by atoms with Crippen LogP contribution in [0, 0.1) is 23.2 Å². The van der Waals surface area contributed by atoms with E-state index in [2.05, 4.69) is 60.7 Å². The maximum Gasteiger partial charge on any atom is 0.0843 e. The molecule has 0 aliphatic heterocycles. The number of halogens is 1. The molecule has 0 spiro atoms. The van der Waals surface area contributed by atoms with Crippen molar-refractivity contribution in [1.82, 2.24) is 4.98 Å². The highest BCUT2D eigenvalue weighted by Crippen LogP contribution is 2.46. The third kappa shape index (κ3) is 7.34. The average molecular weight is 567 g/mol. The van der Waals surface area contributed by atoms with Crippen LogP contribution in [0.5, 0.6) is 0 Å². The summed E-state index contributed by atoms with van der Waals surface area (Å²) in [6.45, 7) is 3.71. The van der Waals surface area contributed by atoms with Gasteiger partial charge in [-0.1, -0.05) is 78.3 Å². The maximum atomic E-state index is 10.7. The number of thioether (sulfide) groups is 1. The second-order valence-corrected chi connectivity index (χ2v) is 12.9. The van der Waals surface area contributed by atoms with E-state index in [0.29, 0.717) is 28.5 Å². The number of aromatic nitrogens is 1. The van der Waals surface area contributed by atoms with Gasteiger partial charge in [0.2, 0.25) is 0 Å². The minimum absolute atomic E-state index is 0.326. The quantitative estimate of drug-likeness (QED) is 0.196. The van der Waals surface area contributed by atoms with Crippen LogP contribution in [0.15, 0.2) is 78.9 Å². The fraction of sp³-hybridized carbons (Fsp3) is 0.314. The second-order valence-electron chi connectivity index (χ2n) is 11.3. The van der Waals surface area contributed by atoms with Gasteiger partial charge in [0.15, 0.2) is 0 Å². The first kappa shape index (κ1) is 28.4. The number of benzene rings is 3. The summed E-state index contributed by atoms with van der Waals surface area (Å²) in [5.41, 5.74) is 5.56. The van der Waals surface area contributed by atoms with E-state index in [9.17, 15) is 5.11 Å². The smallest absolute Gasteiger partial charge is 0.0843 e. The summed E-state index contributed by atoms with van der Waals surface area (Å²) in [5.74, 6) is 2.28. The van der Waals surface area contributed by atoms with E-state index >= 15 is 0 Å². The standard InChI is InChI=1S/C35H35ClN2OS/c1-35(2,39)32-9-4-3-7-25(32)13-17-34(40-23-29-21-27(29)18-19-37)28-8-5-6-24(20-28)10-15-31-16-12-26-11-14-30(36)22-33(26)38-31/h3-12,14-16,20,22,27,29,34,39H,13,17-18,21,23H2,1-2H3/t27-,29?,34?/m0/s1. The SMILES string of the molecule is CC(C)(O)c1ccccc1CCC(SCC1C[C@@H]1CC#N)c1cccc(C=Cc2ccc3ccc(Cl)cc3n2)c1. The fourth-order valence-electron chi connectivity index (χ4n) is 5.33. The number of aliphatic hydroxyl groups is 1. The molecule has 1 aliphatic rings. The molecule has 0 bridgehead atoms. The number of nitriles is 1. The van der Waals surface area contributed by atoms with Crippen LogP contribution >= 0.6 is 23.4 Å². The van der Waals surface area contributed by atoms with Crippen molar-refractivity contribution >= 4 is 46.4 Å². The molecule has 5 heteroatoms. The molecule has 0 amide bonds. The van der Waals surface area contributed by atoms with Crippen molar-refractivity contribution in [3.8, 4) is 6.07 Å². The van der Waals surface area contributed by atoms with E-state index in [1.165, 1.54) is 17.5 Å². The molecular formula is C35H35ClN2OS. The molecule has 40 heavy (non-hydrogen) atoms. The Hall–Kier alpha value is -3.10. The van der Waals surface area contributed by atoms with E-state index in [0.717, 1.165) is 46.3 Å². The highest BCUT2D eigenvalue weighted by Gasteiger charge is 2.37. The number of hydrogen-bond donors (Lipinski definition) is 1. The average Bonchev–Trinajstić information content (AvgIpc) is 3.69. The molecule has 3 aromatic carbocycles. The summed E-state index contributed by atoms with van der Waals surface area (Å²) >= 11 is 8.19. The summed E-state index contributed by atoms with van der Waals surface area (Å²) in [6, 6.07) is 29.2. The Kier molecular flexibility index (Phi) is 8.96. The van der Waals surface area contributed by atoms with E-state index in [1.807, 2.05) is 62.0 Å². The number of nitrogens with zero attached hydrogens (tertiary/aromatic N) is 2. The van der Waals surface area contributed by atoms with Crippen molar-refractivity contribution in [3.63, 3.8) is 0 Å². The zero-order chi connectivity index (χ0) is 28.1. The lowest BCUT2D eigenvalue weighted by Gasteiger charge is -2.23. The molecule has 1 aromatic heterocycles. The second kappa shape index (κ2) is 12.6. The lowest BCUT2D eigenvalue weighted by Crippen LogP contribution is -2.18. The molecule has 0 radical (unpaired) electrons. The minimum Gasteiger partial charge on any atom is -0.386 e. The number of rotatable bonds is 11. The first-order chi connectivity index (χ1) is 19.3. The van der Waals surface area contributed by atoms with E-state index < -0.39 is 5.60 Å². The molecule has 1 aliphatic carbocycles. The molecule has 204 valence electrons. The molecule has 1 N–H and O–H groups in total. The van der Waals surface area contributed by atoms with Crippen molar-refractivity contribution in [3.05, 3.63) is 112 Å². The van der Waals surface area contributed by atoms with Gasteiger partial charge in [0.05, 0.1) is 22.9 Å². The van der Waals surface area contributed by atoms with Gasteiger partial charge in [-0.2, -0.15) is 17.0 Å². The number of pyridine rings is 1. The number of fused-ring (bicyclic) bond motifs is 1. The van der Waals surface area contributed by atoms with Crippen LogP contribution in [0.2, 0.25) is 5.02 Å². The lowest BCUT2D eigenvalue weighted by molar-refractivity contribution is 0.0776. The van der Waals surface area contributed by atoms with Gasteiger partial charge in [-0.15, -0.1) is 0 Å². The first-order valence-corrected chi connectivity index (χ1v) is 15.4. The lowest BCUT2D eigenvalue weighted by atomic mass is 9.90. The normalized spacial score (nSPS) is 17.7. The predicted octanol–water partition coefficient (Wildman–Crippen LogP) is 9.24. The van der Waals surface area contributed by atoms with Gasteiger partial charge < -0.3 is 5.11 Å². The summed E-state index contributed by atoms with van der Waals surface area (Å²) in [7, 11) is 0. The Labute approximate surface area is 246 Å². The van der Waals surface area contributed by atoms with Crippen LogP contribution < -0.4 is 0 Å². The maximum absolute atomic E-state index is 10.7. The van der Waals surface area contributed by atoms with Crippen molar-refractivity contribution in [2.45, 2.75) is 50.4 Å². The van der Waals surface area contributed by atoms with Gasteiger partial charge in [-0.05, 0) is 97.2 Å². The molecule has 1 fully saturated rings. The highest BCUT2D eigenvalue weighted by molar-refractivity contribution is 7.99. The van der Waals surface area contributed by atoms with E-state index in [-0.39, 0.29) is 0 Å². The van der Waals surface area contributed by atoms with Gasteiger partial charge in [-0.25, -0.2) is 4.98 Å². The molecule has 1 saturated carbocycles. The Balaban J connectivity index is 1.35. The minimum atomic E-state index is -0.870. The third-order valence-electron chi connectivity index (χ3n) is 7.69. The zero-order valence-electron chi connectivity index (χ0n) is 23.1. The Morgan fingerprint density at radius 2 is 1.88 bits per heavy atom. The molecule has 2 unspecified atom stereocenters. The fourth-order valence-corrected chi connectivity index (χ4v) is 7.01. The third-order valence-corrected chi connectivity index (χ3v) is 9.46. The Morgan fingerprint density at radius 1 is 1.05 bits per heavy atom. The van der Waals surface area contributed by atoms with Gasteiger partial charge in [-0.3, -0.25) is 0 Å². The van der Waals surface area contributed by atoms with E-state index in [1.54, 1.807) is 0 Å². The summed E-state index contributed by atoms with van der Waals surface area (Å²) in [6.07, 6.45) is 7.89. The topological polar surface area (TPSA) is 56.9 Å². The molecule has 1 heterocycles. The number of hydrogen-bond acceptors (Lipinski definition) is 4. The summed E-state index contributed by atoms with van der Waals surface area (Å²) in [4.78, 5) is 4.76. The van der Waals surface area contributed by atoms with Gasteiger partial charge in [0.1, 0.15) is 0 Å². The largest absolute Gasteiger partial charge is 0.386 e. The van der Waals surface area contributed by atoms with Crippen LogP contribution in [-0.2, 0) is 12.0 Å². The van der Waals surface area contributed by atoms with Gasteiger partial charge in [0, 0.05) is 22.1 Å². The van der Waals surface area contributed by atoms with E-state index in [4.69, 9.17) is 21.8 Å². The van der Waals surface area contributed by atoms with Crippen molar-refractivity contribution in [2.75, 3.05) is 5.75 Å². The van der Waals surface area contributed by atoms with Crippen LogP contribution in [0.1, 0.15) is 66.3 Å². The molecule has 0 saturated heterocycles. The zero-order valence-corrected chi connectivity index (χ0v) is 24.6. The Bertz CT molecular complexity index is 1550. The number of aryl methyl sites for hydroxylation is 1. The molecule has 5 rings (SSSR count). The van der Waals surface area contributed by atoms with Crippen LogP contribution in [-0.4, -0.2) is 15.8 Å². The predicted molar refractivity (Wildman–Crippen MR) is 169 cm³/mol.